The fourth-order valence-electron chi connectivity index (χ4n) is 2.34. The monoisotopic (exact) mass is 342 g/mol. The van der Waals surface area contributed by atoms with E-state index in [0.717, 1.165) is 12.7 Å². The van der Waals surface area contributed by atoms with E-state index in [-0.39, 0.29) is 17.0 Å². The first-order chi connectivity index (χ1) is 11.2. The van der Waals surface area contributed by atoms with E-state index < -0.39 is 0 Å². The van der Waals surface area contributed by atoms with Crippen LogP contribution < -0.4 is 0 Å². The van der Waals surface area contributed by atoms with Gasteiger partial charge in [-0.05, 0) is 12.8 Å². The van der Waals surface area contributed by atoms with E-state index in [0.29, 0.717) is 0 Å². The molecule has 0 aliphatic rings. The van der Waals surface area contributed by atoms with Crippen LogP contribution >= 0.6 is 11.8 Å². The van der Waals surface area contributed by atoms with Gasteiger partial charge in [-0.3, -0.25) is 4.79 Å². The largest absolute Gasteiger partial charge is 0.468 e. The lowest BCUT2D eigenvalue weighted by Crippen LogP contribution is -2.09. The van der Waals surface area contributed by atoms with Gasteiger partial charge in [0.25, 0.3) is 0 Å². The summed E-state index contributed by atoms with van der Waals surface area (Å²) in [4.78, 5) is 21.9. The van der Waals surface area contributed by atoms with Crippen molar-refractivity contribution in [1.82, 2.24) is 0 Å². The van der Waals surface area contributed by atoms with Crippen LogP contribution in [0.2, 0.25) is 0 Å². The predicted octanol–water partition coefficient (Wildman–Crippen LogP) is 5.33. The summed E-state index contributed by atoms with van der Waals surface area (Å²) >= 11 is 1.31. The average molecular weight is 343 g/mol. The van der Waals surface area contributed by atoms with Gasteiger partial charge in [0.15, 0.2) is 0 Å². The van der Waals surface area contributed by atoms with Gasteiger partial charge in [-0.15, -0.1) is 11.8 Å². The second-order valence-corrected chi connectivity index (χ2v) is 7.05. The second-order valence-electron chi connectivity index (χ2n) is 5.89. The molecule has 4 heteroatoms. The van der Waals surface area contributed by atoms with Gasteiger partial charge in [0.2, 0.25) is 0 Å². The van der Waals surface area contributed by atoms with Crippen LogP contribution in [0.4, 0.5) is 0 Å². The number of unbranched alkanes of at least 4 members (excludes halogenated alkanes) is 10. The topological polar surface area (TPSA) is 43.4 Å². The number of allylic oxidation sites excluding steroid dienone is 1. The maximum atomic E-state index is 11.0. The molecule has 134 valence electrons. The van der Waals surface area contributed by atoms with E-state index in [1.54, 1.807) is 0 Å². The van der Waals surface area contributed by atoms with Gasteiger partial charge < -0.3 is 9.53 Å². The molecular weight excluding hydrogens is 308 g/mol. The number of aldehydes is 1. The van der Waals surface area contributed by atoms with Crippen LogP contribution in [0.5, 0.6) is 0 Å². The van der Waals surface area contributed by atoms with Crippen molar-refractivity contribution in [3.8, 4) is 0 Å². The summed E-state index contributed by atoms with van der Waals surface area (Å²) in [6.45, 7) is 2.25. The molecule has 3 nitrogen and oxygen atoms in total. The molecule has 0 saturated heterocycles. The summed E-state index contributed by atoms with van der Waals surface area (Å²) < 4.78 is 4.56. The third-order valence-electron chi connectivity index (χ3n) is 3.81. The van der Waals surface area contributed by atoms with Crippen LogP contribution in [0, 0.1) is 0 Å². The van der Waals surface area contributed by atoms with Crippen LogP contribution in [0.1, 0.15) is 77.6 Å². The lowest BCUT2D eigenvalue weighted by atomic mass is 10.1. The highest BCUT2D eigenvalue weighted by Crippen LogP contribution is 2.13. The molecule has 0 bridgehead atoms. The molecule has 0 amide bonds. The molecule has 0 aromatic rings. The van der Waals surface area contributed by atoms with Crippen molar-refractivity contribution >= 4 is 24.0 Å². The molecule has 0 aromatic carbocycles. The molecule has 0 N–H and O–H groups in total. The van der Waals surface area contributed by atoms with E-state index in [9.17, 15) is 9.59 Å². The summed E-state index contributed by atoms with van der Waals surface area (Å²) in [6, 6.07) is 0. The molecule has 0 fully saturated rings. The van der Waals surface area contributed by atoms with Gasteiger partial charge in [0, 0.05) is 0 Å². The minimum absolute atomic E-state index is 0.225. The summed E-state index contributed by atoms with van der Waals surface area (Å²) in [5.41, 5.74) is 0. The Morgan fingerprint density at radius 2 is 1.57 bits per heavy atom. The molecule has 0 aromatic heterocycles. The maximum absolute atomic E-state index is 11.0. The zero-order chi connectivity index (χ0) is 17.2. The lowest BCUT2D eigenvalue weighted by Gasteiger charge is -2.04. The smallest absolute Gasteiger partial charge is 0.315 e. The van der Waals surface area contributed by atoms with Crippen LogP contribution in [0.15, 0.2) is 12.2 Å². The van der Waals surface area contributed by atoms with Crippen LogP contribution in [0.3, 0.4) is 0 Å². The van der Waals surface area contributed by atoms with Crippen LogP contribution in [-0.4, -0.2) is 30.4 Å². The van der Waals surface area contributed by atoms with E-state index in [2.05, 4.69) is 17.7 Å². The van der Waals surface area contributed by atoms with Crippen molar-refractivity contribution in [2.45, 2.75) is 82.8 Å². The van der Waals surface area contributed by atoms with Crippen LogP contribution in [0.25, 0.3) is 0 Å². The Kier molecular flexibility index (Phi) is 17.0. The van der Waals surface area contributed by atoms with Gasteiger partial charge in [-0.25, -0.2) is 0 Å². The average Bonchev–Trinajstić information content (AvgIpc) is 2.58. The summed E-state index contributed by atoms with van der Waals surface area (Å²) in [7, 11) is 1.36. The Labute approximate surface area is 146 Å². The number of rotatable bonds is 16. The van der Waals surface area contributed by atoms with Gasteiger partial charge >= 0.3 is 5.97 Å². The van der Waals surface area contributed by atoms with E-state index in [1.165, 1.54) is 83.1 Å². The second kappa shape index (κ2) is 17.6. The molecule has 0 spiro atoms. The SMILES string of the molecule is CCCCCCCCCCCCC=CC(C=O)SCC(=O)OC. The number of carbonyl (C=O) groups is 2. The molecule has 0 aliphatic heterocycles. The van der Waals surface area contributed by atoms with E-state index in [1.807, 2.05) is 6.08 Å². The number of carbonyl (C=O) groups excluding carboxylic acids is 2. The highest BCUT2D eigenvalue weighted by Gasteiger charge is 2.07. The molecule has 1 atom stereocenters. The minimum atomic E-state index is -0.287. The van der Waals surface area contributed by atoms with Crippen LogP contribution in [-0.2, 0) is 14.3 Å². The molecule has 0 saturated carbocycles. The first-order valence-corrected chi connectivity index (χ1v) is 10.1. The zero-order valence-corrected chi connectivity index (χ0v) is 15.7. The summed E-state index contributed by atoms with van der Waals surface area (Å²) in [5.74, 6) is -0.0624. The predicted molar refractivity (Wildman–Crippen MR) is 99.9 cm³/mol. The number of ether oxygens (including phenoxy) is 1. The fourth-order valence-corrected chi connectivity index (χ4v) is 3.09. The molecule has 0 aliphatic carbocycles. The molecule has 23 heavy (non-hydrogen) atoms. The third kappa shape index (κ3) is 15.9. The Bertz CT molecular complexity index is 316. The molecule has 0 heterocycles. The Morgan fingerprint density at radius 1 is 1.00 bits per heavy atom. The highest BCUT2D eigenvalue weighted by atomic mass is 32.2. The summed E-state index contributed by atoms with van der Waals surface area (Å²) in [5, 5.41) is -0.239. The molecule has 0 rings (SSSR count). The van der Waals surface area contributed by atoms with Crippen molar-refractivity contribution < 1.29 is 14.3 Å². The van der Waals surface area contributed by atoms with Crippen molar-refractivity contribution in [2.75, 3.05) is 12.9 Å². The van der Waals surface area contributed by atoms with E-state index >= 15 is 0 Å². The van der Waals surface area contributed by atoms with Crippen molar-refractivity contribution in [3.05, 3.63) is 12.2 Å². The first-order valence-electron chi connectivity index (χ1n) is 9.05. The van der Waals surface area contributed by atoms with Gasteiger partial charge in [-0.1, -0.05) is 76.9 Å². The fraction of sp³-hybridized carbons (Fsp3) is 0.789. The summed E-state index contributed by atoms with van der Waals surface area (Å²) in [6.07, 6.45) is 19.2. The van der Waals surface area contributed by atoms with Crippen molar-refractivity contribution in [2.24, 2.45) is 0 Å². The maximum Gasteiger partial charge on any atom is 0.315 e. The van der Waals surface area contributed by atoms with E-state index in [4.69, 9.17) is 0 Å². The molecule has 1 unspecified atom stereocenters. The Balaban J connectivity index is 3.44. The number of hydrogen-bond acceptors (Lipinski definition) is 4. The first kappa shape index (κ1) is 22.2. The van der Waals surface area contributed by atoms with Gasteiger partial charge in [0.05, 0.1) is 18.1 Å². The normalized spacial score (nSPS) is 12.4. The highest BCUT2D eigenvalue weighted by molar-refractivity contribution is 8.01. The van der Waals surface area contributed by atoms with Gasteiger partial charge in [0.1, 0.15) is 6.29 Å². The quantitative estimate of drug-likeness (QED) is 0.165. The molecule has 0 radical (unpaired) electrons. The number of esters is 1. The minimum Gasteiger partial charge on any atom is -0.468 e. The number of thioether (sulfide) groups is 1. The Morgan fingerprint density at radius 3 is 2.09 bits per heavy atom. The van der Waals surface area contributed by atoms with Crippen molar-refractivity contribution in [1.29, 1.82) is 0 Å². The standard InChI is InChI=1S/C19H34O3S/c1-3-4-5-6-7-8-9-10-11-12-13-14-15-18(16-20)23-17-19(21)22-2/h14-16,18H,3-13,17H2,1-2H3. The van der Waals surface area contributed by atoms with Gasteiger partial charge in [-0.2, -0.15) is 0 Å². The van der Waals surface area contributed by atoms with Crippen molar-refractivity contribution in [3.63, 3.8) is 0 Å². The number of hydrogen-bond donors (Lipinski definition) is 0. The number of methoxy groups -OCH3 is 1. The molecular formula is C19H34O3S. The Hall–Kier alpha value is -0.770. The lowest BCUT2D eigenvalue weighted by molar-refractivity contribution is -0.137. The zero-order valence-electron chi connectivity index (χ0n) is 14.9. The third-order valence-corrected chi connectivity index (χ3v) is 4.86.